The summed E-state index contributed by atoms with van der Waals surface area (Å²) < 4.78 is 5.81. The molecule has 0 atom stereocenters. The second kappa shape index (κ2) is 9.82. The lowest BCUT2D eigenvalue weighted by atomic mass is 9.92. The van der Waals surface area contributed by atoms with E-state index in [4.69, 9.17) is 4.74 Å². The predicted molar refractivity (Wildman–Crippen MR) is 119 cm³/mol. The second-order valence-corrected chi connectivity index (χ2v) is 7.96. The van der Waals surface area contributed by atoms with Crippen molar-refractivity contribution < 1.29 is 4.74 Å². The van der Waals surface area contributed by atoms with Gasteiger partial charge in [-0.05, 0) is 48.2 Å². The Balaban J connectivity index is 1.51. The van der Waals surface area contributed by atoms with Gasteiger partial charge in [-0.2, -0.15) is 15.2 Å². The molecule has 0 radical (unpaired) electrons. The van der Waals surface area contributed by atoms with Crippen LogP contribution in [0.2, 0.25) is 0 Å². The average Bonchev–Trinajstić information content (AvgIpc) is 2.72. The van der Waals surface area contributed by atoms with E-state index in [9.17, 15) is 4.79 Å². The van der Waals surface area contributed by atoms with Crippen molar-refractivity contribution in [2.75, 3.05) is 12.0 Å². The molecule has 0 aliphatic heterocycles. The van der Waals surface area contributed by atoms with Crippen LogP contribution in [0.25, 0.3) is 0 Å². The van der Waals surface area contributed by atoms with E-state index in [0.717, 1.165) is 24.2 Å². The van der Waals surface area contributed by atoms with Crippen molar-refractivity contribution in [1.29, 1.82) is 0 Å². The van der Waals surface area contributed by atoms with Gasteiger partial charge in [0.1, 0.15) is 11.4 Å². The Labute approximate surface area is 176 Å². The lowest BCUT2D eigenvalue weighted by molar-refractivity contribution is 0.311. The summed E-state index contributed by atoms with van der Waals surface area (Å²) in [7, 11) is 0. The first-order valence-electron chi connectivity index (χ1n) is 9.95. The molecule has 7 heteroatoms. The van der Waals surface area contributed by atoms with Crippen LogP contribution in [-0.2, 0) is 11.8 Å². The number of nitrogens with one attached hydrogen (secondary N) is 2. The molecule has 0 bridgehead atoms. The molecule has 3 rings (SSSR count). The number of aromatic amines is 1. The predicted octanol–water partition coefficient (Wildman–Crippen LogP) is 3.92. The van der Waals surface area contributed by atoms with Crippen LogP contribution in [0, 0.1) is 0 Å². The average molecular weight is 406 g/mol. The van der Waals surface area contributed by atoms with Crippen LogP contribution in [0.1, 0.15) is 44.0 Å². The van der Waals surface area contributed by atoms with E-state index in [1.807, 2.05) is 51.1 Å². The van der Waals surface area contributed by atoms with Crippen molar-refractivity contribution in [1.82, 2.24) is 15.2 Å². The molecular formula is C23H27N5O2. The van der Waals surface area contributed by atoms with Crippen LogP contribution in [0.3, 0.4) is 0 Å². The monoisotopic (exact) mass is 405 g/mol. The number of anilines is 1. The minimum absolute atomic E-state index is 0.283. The molecule has 0 spiro atoms. The van der Waals surface area contributed by atoms with E-state index in [1.54, 1.807) is 6.21 Å². The van der Waals surface area contributed by atoms with Gasteiger partial charge in [-0.3, -0.25) is 5.43 Å². The molecule has 1 aromatic heterocycles. The molecule has 0 aliphatic carbocycles. The fourth-order valence-electron chi connectivity index (χ4n) is 2.87. The number of nitrogens with zero attached hydrogens (tertiary/aromatic N) is 3. The summed E-state index contributed by atoms with van der Waals surface area (Å²) in [5.41, 5.74) is 4.88. The number of rotatable bonds is 8. The Bertz CT molecular complexity index is 1020. The first-order chi connectivity index (χ1) is 14.4. The van der Waals surface area contributed by atoms with Crippen LogP contribution in [0.4, 0.5) is 5.82 Å². The Morgan fingerprint density at radius 2 is 1.83 bits per heavy atom. The van der Waals surface area contributed by atoms with Crippen molar-refractivity contribution in [3.63, 3.8) is 0 Å². The molecule has 156 valence electrons. The zero-order valence-electron chi connectivity index (χ0n) is 17.6. The molecule has 0 saturated heterocycles. The number of hydrogen-bond donors (Lipinski definition) is 2. The third kappa shape index (κ3) is 6.27. The quantitative estimate of drug-likeness (QED) is 0.337. The topological polar surface area (TPSA) is 92.3 Å². The zero-order chi connectivity index (χ0) is 21.4. The highest BCUT2D eigenvalue weighted by Crippen LogP contribution is 2.24. The second-order valence-electron chi connectivity index (χ2n) is 7.96. The Morgan fingerprint density at radius 3 is 2.53 bits per heavy atom. The highest BCUT2D eigenvalue weighted by molar-refractivity contribution is 5.80. The van der Waals surface area contributed by atoms with Crippen molar-refractivity contribution in [3.8, 4) is 5.75 Å². The maximum absolute atomic E-state index is 11.5. The van der Waals surface area contributed by atoms with Gasteiger partial charge in [-0.1, -0.05) is 51.1 Å². The minimum atomic E-state index is -0.519. The largest absolute Gasteiger partial charge is 0.494 e. The number of H-pyrrole nitrogens is 1. The first kappa shape index (κ1) is 21.2. The summed E-state index contributed by atoms with van der Waals surface area (Å²) in [6, 6.07) is 18.1. The maximum Gasteiger partial charge on any atom is 0.363 e. The zero-order valence-corrected chi connectivity index (χ0v) is 17.6. The van der Waals surface area contributed by atoms with Gasteiger partial charge in [-0.15, -0.1) is 0 Å². The van der Waals surface area contributed by atoms with Crippen molar-refractivity contribution >= 4 is 12.0 Å². The van der Waals surface area contributed by atoms with Gasteiger partial charge in [0.15, 0.2) is 5.82 Å². The summed E-state index contributed by atoms with van der Waals surface area (Å²) in [6.45, 7) is 6.63. The lowest BCUT2D eigenvalue weighted by Crippen LogP contribution is -2.24. The first-order valence-corrected chi connectivity index (χ1v) is 9.95. The van der Waals surface area contributed by atoms with E-state index in [-0.39, 0.29) is 5.41 Å². The molecule has 7 nitrogen and oxygen atoms in total. The highest BCUT2D eigenvalue weighted by atomic mass is 16.5. The van der Waals surface area contributed by atoms with Crippen LogP contribution in [0.15, 0.2) is 64.5 Å². The van der Waals surface area contributed by atoms with Gasteiger partial charge in [0.25, 0.3) is 0 Å². The minimum Gasteiger partial charge on any atom is -0.494 e. The number of hydrazone groups is 1. The van der Waals surface area contributed by atoms with E-state index in [1.165, 1.54) is 5.56 Å². The number of ether oxygens (including phenoxy) is 1. The summed E-state index contributed by atoms with van der Waals surface area (Å²) in [5.74, 6) is 1.17. The van der Waals surface area contributed by atoms with E-state index in [0.29, 0.717) is 18.1 Å². The summed E-state index contributed by atoms with van der Waals surface area (Å²) >= 11 is 0. The molecule has 0 amide bonds. The molecule has 3 aromatic rings. The highest BCUT2D eigenvalue weighted by Gasteiger charge is 2.21. The van der Waals surface area contributed by atoms with Gasteiger partial charge in [0, 0.05) is 5.41 Å². The standard InChI is InChI=1S/C23H27N5O2/c1-23(2,3)20-21(25-22(29)28-26-20)27-24-16-18-11-13-19(14-12-18)30-15-7-10-17-8-5-4-6-9-17/h4-6,8-9,11-14,16H,7,10,15H2,1-3H3,(H2,25,27,28,29)/b24-16+. The third-order valence-electron chi connectivity index (χ3n) is 4.40. The Kier molecular flexibility index (Phi) is 6.95. The Morgan fingerprint density at radius 1 is 1.10 bits per heavy atom. The van der Waals surface area contributed by atoms with Crippen LogP contribution >= 0.6 is 0 Å². The number of benzene rings is 2. The SMILES string of the molecule is CC(C)(C)c1n[nH]c(=O)nc1N/N=C/c1ccc(OCCCc2ccccc2)cc1. The Hall–Kier alpha value is -3.48. The van der Waals surface area contributed by atoms with E-state index in [2.05, 4.69) is 50.0 Å². The molecule has 0 saturated carbocycles. The molecule has 30 heavy (non-hydrogen) atoms. The van der Waals surface area contributed by atoms with Crippen molar-refractivity contribution in [3.05, 3.63) is 81.9 Å². The summed E-state index contributed by atoms with van der Waals surface area (Å²) in [6.07, 6.45) is 3.62. The van der Waals surface area contributed by atoms with Crippen molar-refractivity contribution in [2.45, 2.75) is 39.0 Å². The number of aromatic nitrogens is 3. The van der Waals surface area contributed by atoms with Gasteiger partial charge in [-0.25, -0.2) is 9.89 Å². The van der Waals surface area contributed by atoms with Gasteiger partial charge in [0.05, 0.1) is 12.8 Å². The van der Waals surface area contributed by atoms with Gasteiger partial charge in [0.2, 0.25) is 0 Å². The van der Waals surface area contributed by atoms with Crippen LogP contribution in [0.5, 0.6) is 5.75 Å². The van der Waals surface area contributed by atoms with E-state index >= 15 is 0 Å². The fraction of sp³-hybridized carbons (Fsp3) is 0.304. The number of aryl methyl sites for hydroxylation is 1. The summed E-state index contributed by atoms with van der Waals surface area (Å²) in [4.78, 5) is 15.4. The van der Waals surface area contributed by atoms with Crippen molar-refractivity contribution in [2.24, 2.45) is 5.10 Å². The molecule has 2 N–H and O–H groups in total. The number of hydrogen-bond acceptors (Lipinski definition) is 6. The molecule has 2 aromatic carbocycles. The molecule has 0 unspecified atom stereocenters. The van der Waals surface area contributed by atoms with E-state index < -0.39 is 5.69 Å². The fourth-order valence-corrected chi connectivity index (χ4v) is 2.87. The maximum atomic E-state index is 11.5. The summed E-state index contributed by atoms with van der Waals surface area (Å²) in [5, 5.41) is 10.7. The smallest absolute Gasteiger partial charge is 0.363 e. The van der Waals surface area contributed by atoms with Gasteiger partial charge < -0.3 is 4.74 Å². The van der Waals surface area contributed by atoms with Gasteiger partial charge >= 0.3 is 5.69 Å². The normalized spacial score (nSPS) is 11.6. The molecular weight excluding hydrogens is 378 g/mol. The molecule has 0 fully saturated rings. The lowest BCUT2D eigenvalue weighted by Gasteiger charge is -2.18. The van der Waals surface area contributed by atoms with Crippen LogP contribution < -0.4 is 15.9 Å². The molecule has 1 heterocycles. The molecule has 0 aliphatic rings. The third-order valence-corrected chi connectivity index (χ3v) is 4.40. The van der Waals surface area contributed by atoms with Crippen LogP contribution in [-0.4, -0.2) is 28.0 Å².